The number of fused-ring (bicyclic) bond motifs is 1. The molecule has 220 valence electrons. The number of aromatic nitrogens is 5. The zero-order valence-corrected chi connectivity index (χ0v) is 25.1. The Hall–Kier alpha value is -4.09. The largest absolute Gasteiger partial charge is 0.443 e. The first-order valence-electron chi connectivity index (χ1n) is 13.2. The van der Waals surface area contributed by atoms with Gasteiger partial charge in [-0.1, -0.05) is 23.2 Å². The summed E-state index contributed by atoms with van der Waals surface area (Å²) in [6.07, 6.45) is 11.2. The summed E-state index contributed by atoms with van der Waals surface area (Å²) in [5, 5.41) is 4.41. The van der Waals surface area contributed by atoms with Gasteiger partial charge in [0.05, 0.1) is 17.3 Å². The van der Waals surface area contributed by atoms with Gasteiger partial charge in [-0.3, -0.25) is 4.68 Å². The molecule has 1 aromatic carbocycles. The summed E-state index contributed by atoms with van der Waals surface area (Å²) in [6.45, 7) is 9.52. The highest BCUT2D eigenvalue weighted by Gasteiger charge is 2.28. The van der Waals surface area contributed by atoms with Crippen LogP contribution in [-0.4, -0.2) is 47.2 Å². The van der Waals surface area contributed by atoms with Gasteiger partial charge in [0.25, 0.3) is 0 Å². The number of imidazole rings is 1. The Kier molecular flexibility index (Phi) is 7.91. The predicted molar refractivity (Wildman–Crippen MR) is 158 cm³/mol. The lowest BCUT2D eigenvalue weighted by molar-refractivity contribution is 0.0402. The maximum Gasteiger partial charge on any atom is 0.424 e. The van der Waals surface area contributed by atoms with Crippen molar-refractivity contribution in [3.05, 3.63) is 93.3 Å². The Morgan fingerprint density at radius 2 is 1.86 bits per heavy atom. The Balaban J connectivity index is 1.58. The summed E-state index contributed by atoms with van der Waals surface area (Å²) >= 11 is 12.5. The zero-order valence-electron chi connectivity index (χ0n) is 23.6. The third-order valence-electron chi connectivity index (χ3n) is 6.52. The number of hydrogen-bond acceptors (Lipinski definition) is 7. The fourth-order valence-electron chi connectivity index (χ4n) is 4.46. The molecule has 0 radical (unpaired) electrons. The van der Waals surface area contributed by atoms with Gasteiger partial charge in [-0.15, -0.1) is 4.73 Å². The van der Waals surface area contributed by atoms with E-state index in [0.29, 0.717) is 5.56 Å². The van der Waals surface area contributed by atoms with Crippen LogP contribution < -0.4 is 10.5 Å². The number of carbonyl (C=O) groups excluding carboxylic acids is 1. The van der Waals surface area contributed by atoms with Crippen molar-refractivity contribution in [1.29, 1.82) is 0 Å². The van der Waals surface area contributed by atoms with Crippen molar-refractivity contribution in [2.75, 3.05) is 6.54 Å². The van der Waals surface area contributed by atoms with E-state index in [1.54, 1.807) is 44.6 Å². The highest BCUT2D eigenvalue weighted by atomic mass is 35.5. The minimum atomic E-state index is -0.991. The van der Waals surface area contributed by atoms with Gasteiger partial charge in [0.2, 0.25) is 0 Å². The second-order valence-electron chi connectivity index (χ2n) is 10.7. The van der Waals surface area contributed by atoms with Gasteiger partial charge < -0.3 is 14.5 Å². The Bertz CT molecular complexity index is 1770. The van der Waals surface area contributed by atoms with Crippen LogP contribution in [0, 0.1) is 5.82 Å². The van der Waals surface area contributed by atoms with E-state index in [-0.39, 0.29) is 32.8 Å². The average molecular weight is 615 g/mol. The van der Waals surface area contributed by atoms with Gasteiger partial charge in [-0.05, 0) is 65.0 Å². The molecular weight excluding hydrogens is 586 g/mol. The third kappa shape index (κ3) is 5.66. The van der Waals surface area contributed by atoms with Crippen LogP contribution >= 0.6 is 23.2 Å². The quantitative estimate of drug-likeness (QED) is 0.232. The lowest BCUT2D eigenvalue weighted by Crippen LogP contribution is -2.36. The molecule has 0 N–H and O–H groups in total. The summed E-state index contributed by atoms with van der Waals surface area (Å²) < 4.78 is 23.2. The van der Waals surface area contributed by atoms with E-state index in [9.17, 15) is 14.0 Å². The Morgan fingerprint density at radius 1 is 1.14 bits per heavy atom. The van der Waals surface area contributed by atoms with Gasteiger partial charge in [0.15, 0.2) is 11.8 Å². The summed E-state index contributed by atoms with van der Waals surface area (Å²) in [7, 11) is 0. The normalized spacial score (nSPS) is 14.5. The number of nitrogens with zero attached hydrogens (tertiary/aromatic N) is 6. The topological polar surface area (TPSA) is 96.4 Å². The van der Waals surface area contributed by atoms with Crippen LogP contribution in [0.3, 0.4) is 0 Å². The first kappa shape index (κ1) is 29.4. The van der Waals surface area contributed by atoms with Gasteiger partial charge in [0.1, 0.15) is 16.9 Å². The number of carbonyl (C=O) groups is 1. The van der Waals surface area contributed by atoms with Crippen molar-refractivity contribution < 1.29 is 18.8 Å². The number of hydrogen-bond donors (Lipinski definition) is 0. The van der Waals surface area contributed by atoms with Crippen molar-refractivity contribution in [3.8, 4) is 11.1 Å². The molecule has 0 bridgehead atoms. The monoisotopic (exact) mass is 614 g/mol. The number of benzene rings is 1. The van der Waals surface area contributed by atoms with Crippen LogP contribution in [0.2, 0.25) is 10.0 Å². The minimum absolute atomic E-state index is 0.00633. The minimum Gasteiger partial charge on any atom is -0.443 e. The summed E-state index contributed by atoms with van der Waals surface area (Å²) in [4.78, 5) is 39.2. The fraction of sp³-hybridized carbons (Fsp3) is 0.310. The highest BCUT2D eigenvalue weighted by Crippen LogP contribution is 2.33. The average Bonchev–Trinajstić information content (AvgIpc) is 3.53. The van der Waals surface area contributed by atoms with E-state index in [1.165, 1.54) is 12.3 Å². The smallest absolute Gasteiger partial charge is 0.424 e. The maximum absolute atomic E-state index is 14.3. The van der Waals surface area contributed by atoms with Crippen molar-refractivity contribution in [2.24, 2.45) is 0 Å². The molecule has 0 saturated heterocycles. The predicted octanol–water partition coefficient (Wildman–Crippen LogP) is 6.38. The van der Waals surface area contributed by atoms with Crippen molar-refractivity contribution in [3.63, 3.8) is 0 Å². The second kappa shape index (κ2) is 11.3. The maximum atomic E-state index is 14.3. The van der Waals surface area contributed by atoms with Crippen LogP contribution in [-0.2, 0) is 4.74 Å². The zero-order chi connectivity index (χ0) is 30.3. The molecule has 4 heterocycles. The molecule has 0 aliphatic carbocycles. The molecule has 0 saturated carbocycles. The molecule has 0 fully saturated rings. The molecule has 1 aliphatic heterocycles. The summed E-state index contributed by atoms with van der Waals surface area (Å²) in [6, 6.07) is 4.06. The SMILES string of the molecule is CCN1C=CC(n2cc(-c3cnc4c(c3)n(OC(C)c3c(Cl)ccc(F)c3Cl)c(=O)n4C(=O)OC(C)(C)C)cn2)C=C1. The Labute approximate surface area is 251 Å². The van der Waals surface area contributed by atoms with E-state index in [2.05, 4.69) is 21.9 Å². The van der Waals surface area contributed by atoms with E-state index in [0.717, 1.165) is 27.5 Å². The van der Waals surface area contributed by atoms with Gasteiger partial charge in [-0.25, -0.2) is 19.0 Å². The number of rotatable bonds is 6. The molecular formula is C29H29Cl2FN6O4. The fourth-order valence-corrected chi connectivity index (χ4v) is 5.14. The first-order chi connectivity index (χ1) is 19.9. The van der Waals surface area contributed by atoms with Crippen LogP contribution in [0.15, 0.2) is 66.1 Å². The molecule has 10 nitrogen and oxygen atoms in total. The van der Waals surface area contributed by atoms with Crippen molar-refractivity contribution >= 4 is 40.5 Å². The van der Waals surface area contributed by atoms with Crippen molar-refractivity contribution in [2.45, 2.75) is 52.4 Å². The Morgan fingerprint density at radius 3 is 2.52 bits per heavy atom. The molecule has 1 atom stereocenters. The lowest BCUT2D eigenvalue weighted by Gasteiger charge is -2.20. The molecule has 3 aromatic heterocycles. The molecule has 1 aliphatic rings. The first-order valence-corrected chi connectivity index (χ1v) is 14.0. The standard InChI is InChI=1S/C29H29Cl2FN6O4/c1-6-35-11-9-20(10-12-35)36-16-19(15-34-36)18-13-23-26(33-14-18)37(28(40)41-29(3,4)5)27(39)38(23)42-17(2)24-21(30)7-8-22(32)25(24)31/h7-17,20H,6H2,1-5H3. The van der Waals surface area contributed by atoms with Gasteiger partial charge in [-0.2, -0.15) is 9.67 Å². The molecule has 4 aromatic rings. The van der Waals surface area contributed by atoms with Gasteiger partial charge in [0, 0.05) is 53.1 Å². The molecule has 42 heavy (non-hydrogen) atoms. The van der Waals surface area contributed by atoms with Crippen molar-refractivity contribution in [1.82, 2.24) is 29.0 Å². The number of ether oxygens (including phenoxy) is 1. The number of halogens is 3. The number of pyridine rings is 1. The van der Waals surface area contributed by atoms with Crippen LogP contribution in [0.25, 0.3) is 22.3 Å². The second-order valence-corrected chi connectivity index (χ2v) is 11.5. The van der Waals surface area contributed by atoms with E-state index in [1.807, 2.05) is 30.7 Å². The van der Waals surface area contributed by atoms with Crippen LogP contribution in [0.4, 0.5) is 9.18 Å². The molecule has 1 unspecified atom stereocenters. The lowest BCUT2D eigenvalue weighted by atomic mass is 10.1. The molecule has 13 heteroatoms. The molecule has 0 amide bonds. The van der Waals surface area contributed by atoms with E-state index in [4.69, 9.17) is 32.8 Å². The van der Waals surface area contributed by atoms with Crippen LogP contribution in [0.1, 0.15) is 52.3 Å². The van der Waals surface area contributed by atoms with E-state index >= 15 is 0 Å². The van der Waals surface area contributed by atoms with E-state index < -0.39 is 29.3 Å². The third-order valence-corrected chi connectivity index (χ3v) is 7.24. The molecule has 5 rings (SSSR count). The summed E-state index contributed by atoms with van der Waals surface area (Å²) in [5.41, 5.74) is -0.100. The summed E-state index contributed by atoms with van der Waals surface area (Å²) in [5.74, 6) is -0.693. The van der Waals surface area contributed by atoms with Crippen LogP contribution in [0.5, 0.6) is 0 Å². The van der Waals surface area contributed by atoms with Gasteiger partial charge >= 0.3 is 11.8 Å². The molecule has 0 spiro atoms. The number of allylic oxidation sites excluding steroid dienone is 2. The highest BCUT2D eigenvalue weighted by molar-refractivity contribution is 6.36.